The van der Waals surface area contributed by atoms with E-state index in [-0.39, 0.29) is 11.8 Å². The predicted octanol–water partition coefficient (Wildman–Crippen LogP) is 4.27. The number of anilines is 1. The molecule has 0 unspecified atom stereocenters. The Morgan fingerprint density at radius 1 is 1.08 bits per heavy atom. The summed E-state index contributed by atoms with van der Waals surface area (Å²) in [6, 6.07) is 6.88. The third-order valence-corrected chi connectivity index (χ3v) is 4.37. The van der Waals surface area contributed by atoms with Gasteiger partial charge in [-0.2, -0.15) is 5.10 Å². The Labute approximate surface area is 149 Å². The van der Waals surface area contributed by atoms with Crippen LogP contribution in [-0.2, 0) is 11.2 Å². The first-order chi connectivity index (χ1) is 11.9. The lowest BCUT2D eigenvalue weighted by Gasteiger charge is -2.06. The quantitative estimate of drug-likeness (QED) is 0.765. The van der Waals surface area contributed by atoms with E-state index in [1.54, 1.807) is 24.3 Å². The van der Waals surface area contributed by atoms with E-state index in [0.717, 1.165) is 24.2 Å². The Kier molecular flexibility index (Phi) is 6.51. The Morgan fingerprint density at radius 2 is 1.76 bits per heavy atom. The third kappa shape index (κ3) is 4.78. The minimum absolute atomic E-state index is 0.134. The lowest BCUT2D eigenvalue weighted by molar-refractivity contribution is -0.114. The van der Waals surface area contributed by atoms with Crippen molar-refractivity contribution >= 4 is 17.5 Å². The first-order valence-corrected chi connectivity index (χ1v) is 8.91. The number of hydrogen-bond acceptors (Lipinski definition) is 3. The maximum atomic E-state index is 12.8. The summed E-state index contributed by atoms with van der Waals surface area (Å²) < 4.78 is 1.50. The average Bonchev–Trinajstić information content (AvgIpc) is 2.86. The SMILES string of the molecule is CCCCCCc1c(C)nn(C(=O)c2ccc(NC(C)=O)cc2)c1C. The number of rotatable bonds is 7. The number of aromatic nitrogens is 2. The molecule has 0 aliphatic carbocycles. The minimum atomic E-state index is -0.144. The van der Waals surface area contributed by atoms with Gasteiger partial charge in [0.25, 0.3) is 5.91 Å². The summed E-state index contributed by atoms with van der Waals surface area (Å²) >= 11 is 0. The fourth-order valence-corrected chi connectivity index (χ4v) is 2.98. The van der Waals surface area contributed by atoms with Crippen LogP contribution in [0.15, 0.2) is 24.3 Å². The zero-order valence-electron chi connectivity index (χ0n) is 15.6. The summed E-state index contributed by atoms with van der Waals surface area (Å²) in [6.45, 7) is 7.58. The van der Waals surface area contributed by atoms with Crippen molar-refractivity contribution in [2.24, 2.45) is 0 Å². The molecule has 0 aliphatic rings. The molecule has 25 heavy (non-hydrogen) atoms. The van der Waals surface area contributed by atoms with Gasteiger partial charge in [-0.15, -0.1) is 0 Å². The number of benzene rings is 1. The zero-order chi connectivity index (χ0) is 18.4. The smallest absolute Gasteiger partial charge is 0.278 e. The van der Waals surface area contributed by atoms with Gasteiger partial charge in [0.2, 0.25) is 5.91 Å². The number of nitrogens with zero attached hydrogens (tertiary/aromatic N) is 2. The van der Waals surface area contributed by atoms with Crippen molar-refractivity contribution in [2.45, 2.75) is 59.8 Å². The zero-order valence-corrected chi connectivity index (χ0v) is 15.6. The molecule has 0 fully saturated rings. The number of unbranched alkanes of at least 4 members (excludes halogenated alkanes) is 3. The highest BCUT2D eigenvalue weighted by Gasteiger charge is 2.17. The molecule has 5 heteroatoms. The average molecular weight is 341 g/mol. The molecule has 134 valence electrons. The molecule has 0 aliphatic heterocycles. The van der Waals surface area contributed by atoms with Gasteiger partial charge in [-0.1, -0.05) is 26.2 Å². The number of carbonyl (C=O) groups is 2. The van der Waals surface area contributed by atoms with E-state index in [1.165, 1.54) is 36.4 Å². The molecule has 0 bridgehead atoms. The van der Waals surface area contributed by atoms with Gasteiger partial charge >= 0.3 is 0 Å². The van der Waals surface area contributed by atoms with Crippen LogP contribution in [-0.4, -0.2) is 21.6 Å². The summed E-state index contributed by atoms with van der Waals surface area (Å²) in [5, 5.41) is 7.15. The Hall–Kier alpha value is -2.43. The molecule has 1 N–H and O–H groups in total. The van der Waals surface area contributed by atoms with E-state index in [4.69, 9.17) is 0 Å². The van der Waals surface area contributed by atoms with Crippen LogP contribution in [0.3, 0.4) is 0 Å². The number of amides is 1. The molecule has 0 saturated carbocycles. The van der Waals surface area contributed by atoms with Crippen molar-refractivity contribution in [1.29, 1.82) is 0 Å². The highest BCUT2D eigenvalue weighted by atomic mass is 16.2. The number of carbonyl (C=O) groups excluding carboxylic acids is 2. The van der Waals surface area contributed by atoms with Crippen LogP contribution in [0, 0.1) is 13.8 Å². The second-order valence-corrected chi connectivity index (χ2v) is 6.44. The molecule has 0 saturated heterocycles. The third-order valence-electron chi connectivity index (χ3n) is 4.37. The summed E-state index contributed by atoms with van der Waals surface area (Å²) in [4.78, 5) is 23.8. The van der Waals surface area contributed by atoms with Crippen molar-refractivity contribution in [2.75, 3.05) is 5.32 Å². The second kappa shape index (κ2) is 8.60. The normalized spacial score (nSPS) is 10.7. The summed E-state index contributed by atoms with van der Waals surface area (Å²) in [5.74, 6) is -0.278. The van der Waals surface area contributed by atoms with E-state index in [2.05, 4.69) is 17.3 Å². The molecule has 2 aromatic rings. The molecule has 1 amide bonds. The van der Waals surface area contributed by atoms with Crippen molar-refractivity contribution in [1.82, 2.24) is 9.78 Å². The molecule has 2 rings (SSSR count). The van der Waals surface area contributed by atoms with Crippen molar-refractivity contribution in [3.63, 3.8) is 0 Å². The predicted molar refractivity (Wildman–Crippen MR) is 100 cm³/mol. The summed E-state index contributed by atoms with van der Waals surface area (Å²) in [6.07, 6.45) is 5.75. The molecule has 1 aromatic carbocycles. The Morgan fingerprint density at radius 3 is 2.36 bits per heavy atom. The van der Waals surface area contributed by atoms with Gasteiger partial charge in [0, 0.05) is 23.9 Å². The topological polar surface area (TPSA) is 64.0 Å². The van der Waals surface area contributed by atoms with Gasteiger partial charge in [0.1, 0.15) is 0 Å². The maximum Gasteiger partial charge on any atom is 0.278 e. The monoisotopic (exact) mass is 341 g/mol. The summed E-state index contributed by atoms with van der Waals surface area (Å²) in [7, 11) is 0. The van der Waals surface area contributed by atoms with E-state index in [1.807, 2.05) is 13.8 Å². The first kappa shape index (κ1) is 18.9. The van der Waals surface area contributed by atoms with Crippen LogP contribution in [0.25, 0.3) is 0 Å². The molecule has 1 aromatic heterocycles. The molecule has 0 atom stereocenters. The number of nitrogens with one attached hydrogen (secondary N) is 1. The van der Waals surface area contributed by atoms with Gasteiger partial charge in [0.05, 0.1) is 5.69 Å². The molecule has 1 heterocycles. The molecule has 0 spiro atoms. The van der Waals surface area contributed by atoms with Crippen LogP contribution in [0.5, 0.6) is 0 Å². The highest BCUT2D eigenvalue weighted by Crippen LogP contribution is 2.19. The first-order valence-electron chi connectivity index (χ1n) is 8.91. The van der Waals surface area contributed by atoms with Crippen molar-refractivity contribution in [3.05, 3.63) is 46.8 Å². The van der Waals surface area contributed by atoms with E-state index < -0.39 is 0 Å². The van der Waals surface area contributed by atoms with Crippen LogP contribution >= 0.6 is 0 Å². The van der Waals surface area contributed by atoms with Crippen LogP contribution < -0.4 is 5.32 Å². The van der Waals surface area contributed by atoms with Gasteiger partial charge in [-0.05, 0) is 56.5 Å². The molecule has 0 radical (unpaired) electrons. The van der Waals surface area contributed by atoms with Gasteiger partial charge in [-0.3, -0.25) is 9.59 Å². The highest BCUT2D eigenvalue weighted by molar-refractivity contribution is 5.97. The maximum absolute atomic E-state index is 12.8. The van der Waals surface area contributed by atoms with Crippen LogP contribution in [0.1, 0.15) is 66.8 Å². The van der Waals surface area contributed by atoms with Crippen molar-refractivity contribution in [3.8, 4) is 0 Å². The largest absolute Gasteiger partial charge is 0.326 e. The fraction of sp³-hybridized carbons (Fsp3) is 0.450. The van der Waals surface area contributed by atoms with Crippen LogP contribution in [0.4, 0.5) is 5.69 Å². The molecular formula is C20H27N3O2. The van der Waals surface area contributed by atoms with Crippen LogP contribution in [0.2, 0.25) is 0 Å². The Bertz CT molecular complexity index is 745. The van der Waals surface area contributed by atoms with E-state index >= 15 is 0 Å². The Balaban J connectivity index is 2.15. The number of aryl methyl sites for hydroxylation is 1. The van der Waals surface area contributed by atoms with Gasteiger partial charge < -0.3 is 5.32 Å². The lowest BCUT2D eigenvalue weighted by atomic mass is 10.0. The molecular weight excluding hydrogens is 314 g/mol. The second-order valence-electron chi connectivity index (χ2n) is 6.44. The lowest BCUT2D eigenvalue weighted by Crippen LogP contribution is -2.15. The van der Waals surface area contributed by atoms with Crippen molar-refractivity contribution < 1.29 is 9.59 Å². The number of hydrogen-bond donors (Lipinski definition) is 1. The van der Waals surface area contributed by atoms with E-state index in [9.17, 15) is 9.59 Å². The standard InChI is InChI=1S/C20H27N3O2/c1-5-6-7-8-9-19-14(2)22-23(15(19)3)20(25)17-10-12-18(13-11-17)21-16(4)24/h10-13H,5-9H2,1-4H3,(H,21,24). The fourth-order valence-electron chi connectivity index (χ4n) is 2.98. The van der Waals surface area contributed by atoms with E-state index in [0.29, 0.717) is 11.3 Å². The molecule has 5 nitrogen and oxygen atoms in total. The van der Waals surface area contributed by atoms with Gasteiger partial charge in [0.15, 0.2) is 0 Å². The summed E-state index contributed by atoms with van der Waals surface area (Å²) in [5.41, 5.74) is 4.26. The minimum Gasteiger partial charge on any atom is -0.326 e. The van der Waals surface area contributed by atoms with Gasteiger partial charge in [-0.25, -0.2) is 4.68 Å².